The van der Waals surface area contributed by atoms with E-state index < -0.39 is 0 Å². The van der Waals surface area contributed by atoms with Gasteiger partial charge in [0.25, 0.3) is 0 Å². The number of hydrogen-bond donors (Lipinski definition) is 1. The fourth-order valence-electron chi connectivity index (χ4n) is 3.71. The van der Waals surface area contributed by atoms with Crippen molar-refractivity contribution in [1.82, 2.24) is 0 Å². The van der Waals surface area contributed by atoms with Crippen molar-refractivity contribution in [2.24, 2.45) is 17.1 Å². The topological polar surface area (TPSA) is 35.2 Å². The second-order valence-corrected chi connectivity index (χ2v) is 6.16. The molecule has 1 aliphatic heterocycles. The number of nitrogens with two attached hydrogens (primary N) is 1. The van der Waals surface area contributed by atoms with E-state index >= 15 is 0 Å². The Morgan fingerprint density at radius 2 is 2.00 bits per heavy atom. The van der Waals surface area contributed by atoms with Gasteiger partial charge in [-0.05, 0) is 37.0 Å². The first-order chi connectivity index (χ1) is 6.44. The van der Waals surface area contributed by atoms with Crippen LogP contribution in [0.3, 0.4) is 0 Å². The molecule has 2 rings (SSSR count). The Morgan fingerprint density at radius 3 is 2.50 bits per heavy atom. The molecular formula is C12H23NO. The van der Waals surface area contributed by atoms with Crippen LogP contribution in [0.5, 0.6) is 0 Å². The van der Waals surface area contributed by atoms with E-state index in [2.05, 4.69) is 20.8 Å². The molecule has 1 aliphatic carbocycles. The molecule has 3 unspecified atom stereocenters. The molecule has 0 aromatic carbocycles. The average molecular weight is 197 g/mol. The van der Waals surface area contributed by atoms with Crippen molar-refractivity contribution in [3.63, 3.8) is 0 Å². The molecule has 0 amide bonds. The molecule has 14 heavy (non-hydrogen) atoms. The van der Waals surface area contributed by atoms with Crippen molar-refractivity contribution in [3.05, 3.63) is 0 Å². The molecular weight excluding hydrogens is 174 g/mol. The van der Waals surface area contributed by atoms with Crippen molar-refractivity contribution < 1.29 is 4.74 Å². The summed E-state index contributed by atoms with van der Waals surface area (Å²) in [5.74, 6) is 0.753. The predicted octanol–water partition coefficient (Wildman–Crippen LogP) is 2.32. The number of hydrogen-bond acceptors (Lipinski definition) is 2. The highest BCUT2D eigenvalue weighted by Crippen LogP contribution is 2.49. The highest BCUT2D eigenvalue weighted by atomic mass is 16.5. The summed E-state index contributed by atoms with van der Waals surface area (Å²) >= 11 is 0. The Hall–Kier alpha value is -0.0800. The van der Waals surface area contributed by atoms with Crippen LogP contribution in [0.4, 0.5) is 0 Å². The smallest absolute Gasteiger partial charge is 0.0841 e. The third-order valence-electron chi connectivity index (χ3n) is 3.87. The SMILES string of the molecule is CC1CC(C)(C)CC2(C1)OCCC2N. The fraction of sp³-hybridized carbons (Fsp3) is 1.00. The van der Waals surface area contributed by atoms with E-state index in [1.54, 1.807) is 0 Å². The van der Waals surface area contributed by atoms with Gasteiger partial charge in [0, 0.05) is 12.6 Å². The molecule has 2 fully saturated rings. The Morgan fingerprint density at radius 1 is 1.29 bits per heavy atom. The normalized spacial score (nSPS) is 47.1. The first-order valence-corrected chi connectivity index (χ1v) is 5.83. The Balaban J connectivity index is 2.19. The number of rotatable bonds is 0. The highest BCUT2D eigenvalue weighted by molar-refractivity contribution is 5.03. The predicted molar refractivity (Wildman–Crippen MR) is 58.1 cm³/mol. The van der Waals surface area contributed by atoms with E-state index in [4.69, 9.17) is 10.5 Å². The molecule has 1 spiro atoms. The van der Waals surface area contributed by atoms with E-state index in [1.807, 2.05) is 0 Å². The molecule has 2 heteroatoms. The molecule has 0 radical (unpaired) electrons. The van der Waals surface area contributed by atoms with Gasteiger partial charge in [0.1, 0.15) is 0 Å². The average Bonchev–Trinajstić information content (AvgIpc) is 2.27. The zero-order valence-electron chi connectivity index (χ0n) is 9.68. The van der Waals surface area contributed by atoms with Gasteiger partial charge < -0.3 is 10.5 Å². The van der Waals surface area contributed by atoms with Crippen molar-refractivity contribution in [2.75, 3.05) is 6.61 Å². The van der Waals surface area contributed by atoms with Crippen LogP contribution in [0, 0.1) is 11.3 Å². The van der Waals surface area contributed by atoms with Crippen LogP contribution < -0.4 is 5.73 Å². The summed E-state index contributed by atoms with van der Waals surface area (Å²) in [6.45, 7) is 7.89. The van der Waals surface area contributed by atoms with Crippen LogP contribution in [0.15, 0.2) is 0 Å². The Labute approximate surface area is 87.2 Å². The zero-order valence-corrected chi connectivity index (χ0v) is 9.68. The van der Waals surface area contributed by atoms with Crippen molar-refractivity contribution >= 4 is 0 Å². The molecule has 2 aliphatic rings. The molecule has 0 bridgehead atoms. The zero-order chi connectivity index (χ0) is 10.4. The molecule has 2 N–H and O–H groups in total. The van der Waals surface area contributed by atoms with Crippen LogP contribution in [-0.2, 0) is 4.74 Å². The number of ether oxygens (including phenoxy) is 1. The molecule has 3 atom stereocenters. The summed E-state index contributed by atoms with van der Waals surface area (Å²) in [6, 6.07) is 0.268. The quantitative estimate of drug-likeness (QED) is 0.647. The summed E-state index contributed by atoms with van der Waals surface area (Å²) in [4.78, 5) is 0. The monoisotopic (exact) mass is 197 g/mol. The molecule has 0 aromatic rings. The van der Waals surface area contributed by atoms with Crippen molar-refractivity contribution in [1.29, 1.82) is 0 Å². The first-order valence-electron chi connectivity index (χ1n) is 5.83. The standard InChI is InChI=1S/C12H23NO/c1-9-6-11(2,3)8-12(7-9)10(13)4-5-14-12/h9-10H,4-8,13H2,1-3H3. The largest absolute Gasteiger partial charge is 0.373 e. The minimum absolute atomic E-state index is 0.0150. The maximum atomic E-state index is 6.20. The first kappa shape index (κ1) is 10.4. The van der Waals surface area contributed by atoms with Crippen LogP contribution in [-0.4, -0.2) is 18.2 Å². The second kappa shape index (κ2) is 3.21. The van der Waals surface area contributed by atoms with Crippen LogP contribution in [0.2, 0.25) is 0 Å². The van der Waals surface area contributed by atoms with E-state index in [0.29, 0.717) is 5.41 Å². The van der Waals surface area contributed by atoms with Gasteiger partial charge in [-0.2, -0.15) is 0 Å². The summed E-state index contributed by atoms with van der Waals surface area (Å²) in [5.41, 5.74) is 6.62. The molecule has 1 heterocycles. The Bertz CT molecular complexity index is 226. The maximum absolute atomic E-state index is 6.20. The lowest BCUT2D eigenvalue weighted by molar-refractivity contribution is -0.0821. The van der Waals surface area contributed by atoms with Gasteiger partial charge in [0.15, 0.2) is 0 Å². The molecule has 1 saturated carbocycles. The van der Waals surface area contributed by atoms with E-state index in [9.17, 15) is 0 Å². The van der Waals surface area contributed by atoms with Gasteiger partial charge in [-0.15, -0.1) is 0 Å². The minimum atomic E-state index is 0.0150. The fourth-order valence-corrected chi connectivity index (χ4v) is 3.71. The van der Waals surface area contributed by atoms with Gasteiger partial charge in [-0.25, -0.2) is 0 Å². The van der Waals surface area contributed by atoms with E-state index in [0.717, 1.165) is 31.8 Å². The summed E-state index contributed by atoms with van der Waals surface area (Å²) in [6.07, 6.45) is 4.66. The lowest BCUT2D eigenvalue weighted by atomic mass is 9.64. The molecule has 0 aromatic heterocycles. The van der Waals surface area contributed by atoms with Gasteiger partial charge >= 0.3 is 0 Å². The maximum Gasteiger partial charge on any atom is 0.0841 e. The lowest BCUT2D eigenvalue weighted by Crippen LogP contribution is -2.51. The lowest BCUT2D eigenvalue weighted by Gasteiger charge is -2.47. The molecule has 2 nitrogen and oxygen atoms in total. The van der Waals surface area contributed by atoms with Crippen LogP contribution in [0.25, 0.3) is 0 Å². The van der Waals surface area contributed by atoms with Crippen LogP contribution >= 0.6 is 0 Å². The van der Waals surface area contributed by atoms with Gasteiger partial charge in [-0.3, -0.25) is 0 Å². The molecule has 82 valence electrons. The molecule has 1 saturated heterocycles. The van der Waals surface area contributed by atoms with Gasteiger partial charge in [0.05, 0.1) is 5.60 Å². The summed E-state index contributed by atoms with van der Waals surface area (Å²) in [5, 5.41) is 0. The third-order valence-corrected chi connectivity index (χ3v) is 3.87. The third kappa shape index (κ3) is 1.70. The summed E-state index contributed by atoms with van der Waals surface area (Å²) < 4.78 is 5.97. The van der Waals surface area contributed by atoms with Crippen LogP contribution in [0.1, 0.15) is 46.5 Å². The van der Waals surface area contributed by atoms with Gasteiger partial charge in [-0.1, -0.05) is 20.8 Å². The summed E-state index contributed by atoms with van der Waals surface area (Å²) in [7, 11) is 0. The Kier molecular flexibility index (Phi) is 2.39. The minimum Gasteiger partial charge on any atom is -0.373 e. The van der Waals surface area contributed by atoms with Gasteiger partial charge in [0.2, 0.25) is 0 Å². The highest BCUT2D eigenvalue weighted by Gasteiger charge is 2.49. The van der Waals surface area contributed by atoms with E-state index in [-0.39, 0.29) is 11.6 Å². The van der Waals surface area contributed by atoms with Crippen molar-refractivity contribution in [3.8, 4) is 0 Å². The van der Waals surface area contributed by atoms with Crippen molar-refractivity contribution in [2.45, 2.75) is 58.1 Å². The van der Waals surface area contributed by atoms with E-state index in [1.165, 1.54) is 6.42 Å². The second-order valence-electron chi connectivity index (χ2n) is 6.16.